The van der Waals surface area contributed by atoms with Gasteiger partial charge in [-0.25, -0.2) is 5.43 Å². The number of fused-ring (bicyclic) bond motifs is 1. The van der Waals surface area contributed by atoms with E-state index in [0.717, 1.165) is 24.3 Å². The molecule has 0 heterocycles. The third kappa shape index (κ3) is 3.50. The second-order valence-corrected chi connectivity index (χ2v) is 6.43. The molecule has 1 aliphatic carbocycles. The molecule has 2 aromatic rings. The van der Waals surface area contributed by atoms with Gasteiger partial charge in [-0.1, -0.05) is 23.2 Å². The van der Waals surface area contributed by atoms with Gasteiger partial charge in [0.2, 0.25) is 0 Å². The number of rotatable bonds is 2. The molecule has 0 aliphatic heterocycles. The van der Waals surface area contributed by atoms with Gasteiger partial charge < -0.3 is 5.11 Å². The highest BCUT2D eigenvalue weighted by molar-refractivity contribution is 6.37. The molecule has 0 bridgehead atoms. The van der Waals surface area contributed by atoms with Gasteiger partial charge in [0.15, 0.2) is 0 Å². The molecule has 0 unspecified atom stereocenters. The Morgan fingerprint density at radius 2 is 1.77 bits per heavy atom. The molecule has 0 spiro atoms. The van der Waals surface area contributed by atoms with E-state index in [1.165, 1.54) is 6.07 Å². The Morgan fingerprint density at radius 1 is 1.12 bits per heavy atom. The molecule has 2 aromatic carbocycles. The molecule has 0 aromatic heterocycles. The molecule has 1 amide bonds. The summed E-state index contributed by atoms with van der Waals surface area (Å²) in [6, 6.07) is 5.19. The van der Waals surface area contributed by atoms with E-state index in [9.17, 15) is 23.1 Å². The summed E-state index contributed by atoms with van der Waals surface area (Å²) in [4.78, 5) is 12.1. The van der Waals surface area contributed by atoms with Gasteiger partial charge in [0, 0.05) is 16.1 Å². The van der Waals surface area contributed by atoms with Crippen molar-refractivity contribution in [2.24, 2.45) is 5.10 Å². The second-order valence-electron chi connectivity index (χ2n) is 5.62. The van der Waals surface area contributed by atoms with Crippen LogP contribution in [0.3, 0.4) is 0 Å². The fourth-order valence-electron chi connectivity index (χ4n) is 2.68. The van der Waals surface area contributed by atoms with Gasteiger partial charge >= 0.3 is 6.18 Å². The quantitative estimate of drug-likeness (QED) is 0.708. The van der Waals surface area contributed by atoms with Crippen LogP contribution >= 0.6 is 23.2 Å². The Labute approximate surface area is 156 Å². The highest BCUT2D eigenvalue weighted by atomic mass is 35.5. The van der Waals surface area contributed by atoms with E-state index in [1.807, 2.05) is 0 Å². The van der Waals surface area contributed by atoms with E-state index in [4.69, 9.17) is 23.2 Å². The molecule has 1 aliphatic rings. The number of hydrazone groups is 1. The van der Waals surface area contributed by atoms with E-state index in [1.54, 1.807) is 0 Å². The van der Waals surface area contributed by atoms with Crippen molar-refractivity contribution in [1.82, 2.24) is 5.43 Å². The molecule has 2 N–H and O–H groups in total. The van der Waals surface area contributed by atoms with Crippen molar-refractivity contribution in [3.8, 4) is 5.75 Å². The maximum absolute atomic E-state index is 12.5. The summed E-state index contributed by atoms with van der Waals surface area (Å²) in [6.45, 7) is 0. The lowest BCUT2D eigenvalue weighted by atomic mass is 10.1. The molecule has 0 saturated carbocycles. The first-order valence-electron chi connectivity index (χ1n) is 7.43. The van der Waals surface area contributed by atoms with Gasteiger partial charge in [0.1, 0.15) is 5.75 Å². The Hall–Kier alpha value is -2.25. The number of nitrogens with zero attached hydrogens (tertiary/aromatic N) is 1. The van der Waals surface area contributed by atoms with Crippen LogP contribution in [0.15, 0.2) is 35.4 Å². The van der Waals surface area contributed by atoms with Crippen LogP contribution in [0.5, 0.6) is 5.75 Å². The van der Waals surface area contributed by atoms with Gasteiger partial charge in [0.25, 0.3) is 5.91 Å². The maximum Gasteiger partial charge on any atom is 0.416 e. The largest absolute Gasteiger partial charge is 0.506 e. The minimum atomic E-state index is -4.47. The number of hydrogen-bond donors (Lipinski definition) is 2. The van der Waals surface area contributed by atoms with Gasteiger partial charge in [-0.3, -0.25) is 4.79 Å². The first kappa shape index (κ1) is 18.5. The average molecular weight is 403 g/mol. The summed E-state index contributed by atoms with van der Waals surface area (Å²) in [6.07, 6.45) is -3.52. The normalized spacial score (nSPS) is 15.2. The Morgan fingerprint density at radius 3 is 2.38 bits per heavy atom. The van der Waals surface area contributed by atoms with Crippen LogP contribution in [0.4, 0.5) is 13.2 Å². The second kappa shape index (κ2) is 6.81. The van der Waals surface area contributed by atoms with E-state index in [0.29, 0.717) is 34.7 Å². The molecule has 26 heavy (non-hydrogen) atoms. The van der Waals surface area contributed by atoms with Gasteiger partial charge in [-0.15, -0.1) is 0 Å². The van der Waals surface area contributed by atoms with Crippen molar-refractivity contribution < 1.29 is 23.1 Å². The Kier molecular flexibility index (Phi) is 4.86. The van der Waals surface area contributed by atoms with E-state index < -0.39 is 17.6 Å². The predicted molar refractivity (Wildman–Crippen MR) is 91.9 cm³/mol. The highest BCUT2D eigenvalue weighted by Gasteiger charge is 2.30. The fraction of sp³-hybridized carbons (Fsp3) is 0.176. The highest BCUT2D eigenvalue weighted by Crippen LogP contribution is 2.40. The number of phenols is 1. The lowest BCUT2D eigenvalue weighted by Gasteiger charge is -2.09. The van der Waals surface area contributed by atoms with E-state index in [-0.39, 0.29) is 16.3 Å². The summed E-state index contributed by atoms with van der Waals surface area (Å²) in [5.41, 5.74) is 2.89. The average Bonchev–Trinajstić information content (AvgIpc) is 3.01. The zero-order valence-electron chi connectivity index (χ0n) is 13.0. The van der Waals surface area contributed by atoms with Crippen molar-refractivity contribution >= 4 is 34.8 Å². The summed E-state index contributed by atoms with van der Waals surface area (Å²) in [7, 11) is 0. The van der Waals surface area contributed by atoms with Crippen LogP contribution in [0.1, 0.15) is 33.5 Å². The van der Waals surface area contributed by atoms with E-state index >= 15 is 0 Å². The van der Waals surface area contributed by atoms with Crippen LogP contribution in [-0.4, -0.2) is 16.7 Å². The fourth-order valence-corrected chi connectivity index (χ4v) is 3.23. The first-order chi connectivity index (χ1) is 12.2. The van der Waals surface area contributed by atoms with Crippen LogP contribution in [0.25, 0.3) is 0 Å². The minimum absolute atomic E-state index is 0.0221. The number of benzene rings is 2. The van der Waals surface area contributed by atoms with Crippen molar-refractivity contribution in [3.63, 3.8) is 0 Å². The molecular weight excluding hydrogens is 392 g/mol. The number of carbonyl (C=O) groups excluding carboxylic acids is 1. The first-order valence-corrected chi connectivity index (χ1v) is 8.18. The molecule has 0 radical (unpaired) electrons. The van der Waals surface area contributed by atoms with Gasteiger partial charge in [-0.05, 0) is 48.7 Å². The molecule has 0 fully saturated rings. The van der Waals surface area contributed by atoms with Crippen LogP contribution in [-0.2, 0) is 12.6 Å². The van der Waals surface area contributed by atoms with Crippen LogP contribution < -0.4 is 5.43 Å². The van der Waals surface area contributed by atoms with Crippen LogP contribution in [0, 0.1) is 0 Å². The number of hydrogen-bond acceptors (Lipinski definition) is 3. The van der Waals surface area contributed by atoms with Gasteiger partial charge in [0.05, 0.1) is 16.3 Å². The Bertz CT molecular complexity index is 910. The number of halogens is 5. The molecule has 0 atom stereocenters. The SMILES string of the molecule is O=C(NN=C1CCc2c(Cl)cc(Cl)c(O)c21)c1ccc(C(F)(F)F)cc1. The molecule has 4 nitrogen and oxygen atoms in total. The smallest absolute Gasteiger partial charge is 0.416 e. The maximum atomic E-state index is 12.5. The number of carbonyl (C=O) groups is 1. The van der Waals surface area contributed by atoms with Crippen LogP contribution in [0.2, 0.25) is 10.0 Å². The number of alkyl halides is 3. The molecule has 136 valence electrons. The van der Waals surface area contributed by atoms with Gasteiger partial charge in [-0.2, -0.15) is 18.3 Å². The Balaban J connectivity index is 1.81. The lowest BCUT2D eigenvalue weighted by Crippen LogP contribution is -2.19. The molecule has 0 saturated heterocycles. The predicted octanol–water partition coefficient (Wildman–Crippen LogP) is 4.80. The molecule has 9 heteroatoms. The summed E-state index contributed by atoms with van der Waals surface area (Å²) in [5.74, 6) is -0.849. The van der Waals surface area contributed by atoms with E-state index in [2.05, 4.69) is 10.5 Å². The summed E-state index contributed by atoms with van der Waals surface area (Å²) < 4.78 is 37.6. The number of nitrogens with one attached hydrogen (secondary N) is 1. The minimum Gasteiger partial charge on any atom is -0.506 e. The number of phenolic OH excluding ortho intramolecular Hbond substituents is 1. The number of amides is 1. The molecular formula is C17H11Cl2F3N2O2. The standard InChI is InChI=1S/C17H11Cl2F3N2O2/c18-11-7-12(19)15(25)14-10(11)5-6-13(14)23-24-16(26)8-1-3-9(4-2-8)17(20,21)22/h1-4,7,25H,5-6H2,(H,24,26). The molecule has 3 rings (SSSR count). The third-order valence-corrected chi connectivity index (χ3v) is 4.60. The summed E-state index contributed by atoms with van der Waals surface area (Å²) in [5, 5.41) is 14.5. The summed E-state index contributed by atoms with van der Waals surface area (Å²) >= 11 is 12.0. The van der Waals surface area contributed by atoms with Crippen molar-refractivity contribution in [3.05, 3.63) is 62.6 Å². The lowest BCUT2D eigenvalue weighted by molar-refractivity contribution is -0.137. The van der Waals surface area contributed by atoms with Crippen molar-refractivity contribution in [2.75, 3.05) is 0 Å². The van der Waals surface area contributed by atoms with Crippen molar-refractivity contribution in [2.45, 2.75) is 19.0 Å². The monoisotopic (exact) mass is 402 g/mol. The third-order valence-electron chi connectivity index (χ3n) is 3.97. The zero-order valence-corrected chi connectivity index (χ0v) is 14.5. The number of aromatic hydroxyl groups is 1. The zero-order chi connectivity index (χ0) is 19.1. The van der Waals surface area contributed by atoms with Crippen molar-refractivity contribution in [1.29, 1.82) is 0 Å². The topological polar surface area (TPSA) is 61.7 Å².